The number of pyridine rings is 1. The van der Waals surface area contributed by atoms with Crippen molar-refractivity contribution < 1.29 is 24.5 Å². The van der Waals surface area contributed by atoms with Crippen molar-refractivity contribution in [2.45, 2.75) is 72.3 Å². The van der Waals surface area contributed by atoms with Crippen LogP contribution in [0.3, 0.4) is 0 Å². The standard InChI is InChI=1S/C34H40N4O5/c1-6-42-32-28(33(39)40)19-35-38(32)30-12-8-11-29(36-30)27-10-7-9-22(2)31(27)43-21-24-13-14-26-20-37(16-15-25(26)17-24)23(3)18-34(4,5)41/h7-14,17,19,23,41H,6,15-16,18,20-21H2,1-5H3,(H,39,40). The number of carboxylic acid groups (broad SMARTS) is 1. The summed E-state index contributed by atoms with van der Waals surface area (Å²) < 4.78 is 13.5. The molecule has 0 bridgehead atoms. The summed E-state index contributed by atoms with van der Waals surface area (Å²) in [5.41, 5.74) is 5.57. The highest BCUT2D eigenvalue weighted by atomic mass is 16.5. The number of rotatable bonds is 11. The van der Waals surface area contributed by atoms with Crippen LogP contribution in [0.1, 0.15) is 66.7 Å². The van der Waals surface area contributed by atoms with Gasteiger partial charge in [0.05, 0.1) is 24.1 Å². The van der Waals surface area contributed by atoms with Crippen LogP contribution in [-0.2, 0) is 19.6 Å². The Labute approximate surface area is 252 Å². The third kappa shape index (κ3) is 6.89. The smallest absolute Gasteiger partial charge is 0.342 e. The molecule has 0 amide bonds. The average molecular weight is 585 g/mol. The van der Waals surface area contributed by atoms with Crippen molar-refractivity contribution in [3.63, 3.8) is 0 Å². The van der Waals surface area contributed by atoms with Gasteiger partial charge in [0.15, 0.2) is 5.82 Å². The van der Waals surface area contributed by atoms with Gasteiger partial charge in [0, 0.05) is 24.7 Å². The molecule has 9 nitrogen and oxygen atoms in total. The Morgan fingerprint density at radius 3 is 2.63 bits per heavy atom. The van der Waals surface area contributed by atoms with Crippen LogP contribution in [0.5, 0.6) is 11.6 Å². The van der Waals surface area contributed by atoms with Crippen molar-refractivity contribution >= 4 is 5.97 Å². The lowest BCUT2D eigenvalue weighted by Gasteiger charge is -2.36. The number of fused-ring (bicyclic) bond motifs is 1. The molecular formula is C34H40N4O5. The fraction of sp³-hybridized carbons (Fsp3) is 0.382. The molecule has 5 rings (SSSR count). The second-order valence-electron chi connectivity index (χ2n) is 11.8. The van der Waals surface area contributed by atoms with Crippen LogP contribution in [0.15, 0.2) is 60.8 Å². The maximum Gasteiger partial charge on any atom is 0.342 e. The highest BCUT2D eigenvalue weighted by molar-refractivity contribution is 5.90. The minimum absolute atomic E-state index is 0.0185. The number of hydrogen-bond donors (Lipinski definition) is 2. The Balaban J connectivity index is 1.35. The fourth-order valence-electron chi connectivity index (χ4n) is 5.76. The number of para-hydroxylation sites is 1. The van der Waals surface area contributed by atoms with Crippen LogP contribution in [0.25, 0.3) is 17.1 Å². The summed E-state index contributed by atoms with van der Waals surface area (Å²) in [5, 5.41) is 24.1. The minimum atomic E-state index is -1.11. The molecule has 0 radical (unpaired) electrons. The van der Waals surface area contributed by atoms with Gasteiger partial charge in [-0.2, -0.15) is 9.78 Å². The number of carbonyl (C=O) groups is 1. The lowest BCUT2D eigenvalue weighted by Crippen LogP contribution is -2.41. The molecular weight excluding hydrogens is 544 g/mol. The molecule has 0 spiro atoms. The quantitative estimate of drug-likeness (QED) is 0.227. The zero-order valence-corrected chi connectivity index (χ0v) is 25.5. The van der Waals surface area contributed by atoms with Crippen LogP contribution < -0.4 is 9.47 Å². The molecule has 1 atom stereocenters. The van der Waals surface area contributed by atoms with Gasteiger partial charge in [0.1, 0.15) is 17.9 Å². The summed E-state index contributed by atoms with van der Waals surface area (Å²) in [6.07, 6.45) is 2.98. The predicted octanol–water partition coefficient (Wildman–Crippen LogP) is 5.83. The van der Waals surface area contributed by atoms with Crippen LogP contribution in [0.2, 0.25) is 0 Å². The Morgan fingerprint density at radius 1 is 1.09 bits per heavy atom. The number of aromatic carboxylic acids is 1. The number of benzene rings is 2. The largest absolute Gasteiger partial charge is 0.488 e. The molecule has 0 fully saturated rings. The zero-order valence-electron chi connectivity index (χ0n) is 25.5. The molecule has 1 aliphatic rings. The second kappa shape index (κ2) is 12.6. The van der Waals surface area contributed by atoms with Crippen LogP contribution >= 0.6 is 0 Å². The van der Waals surface area contributed by atoms with E-state index in [-0.39, 0.29) is 11.4 Å². The fourth-order valence-corrected chi connectivity index (χ4v) is 5.76. The number of nitrogens with zero attached hydrogens (tertiary/aromatic N) is 4. The van der Waals surface area contributed by atoms with Gasteiger partial charge >= 0.3 is 5.97 Å². The monoisotopic (exact) mass is 584 g/mol. The molecule has 1 aliphatic heterocycles. The van der Waals surface area contributed by atoms with E-state index >= 15 is 0 Å². The first-order valence-electron chi connectivity index (χ1n) is 14.8. The SMILES string of the molecule is CCOc1c(C(=O)O)cnn1-c1cccc(-c2cccc(C)c2OCc2ccc3c(c2)CCN(C(C)CC(C)(C)O)C3)n1. The van der Waals surface area contributed by atoms with Gasteiger partial charge in [-0.15, -0.1) is 0 Å². The minimum Gasteiger partial charge on any atom is -0.488 e. The molecule has 3 heterocycles. The van der Waals surface area contributed by atoms with Crippen molar-refractivity contribution in [1.82, 2.24) is 19.7 Å². The van der Waals surface area contributed by atoms with Crippen LogP contribution in [0.4, 0.5) is 0 Å². The van der Waals surface area contributed by atoms with Gasteiger partial charge in [-0.1, -0.05) is 36.4 Å². The van der Waals surface area contributed by atoms with E-state index in [1.807, 2.05) is 51.1 Å². The number of aryl methyl sites for hydroxylation is 1. The Bertz CT molecular complexity index is 1610. The number of hydrogen-bond acceptors (Lipinski definition) is 7. The number of aromatic nitrogens is 3. The van der Waals surface area contributed by atoms with Gasteiger partial charge in [0.2, 0.25) is 5.88 Å². The first-order chi connectivity index (χ1) is 20.5. The van der Waals surface area contributed by atoms with E-state index < -0.39 is 11.6 Å². The number of carboxylic acids is 1. The summed E-state index contributed by atoms with van der Waals surface area (Å²) in [6, 6.07) is 18.4. The predicted molar refractivity (Wildman–Crippen MR) is 165 cm³/mol. The van der Waals surface area contributed by atoms with E-state index in [9.17, 15) is 15.0 Å². The summed E-state index contributed by atoms with van der Waals surface area (Å²) in [7, 11) is 0. The molecule has 0 saturated carbocycles. The van der Waals surface area contributed by atoms with E-state index in [1.54, 1.807) is 13.0 Å². The average Bonchev–Trinajstić information content (AvgIpc) is 3.39. The van der Waals surface area contributed by atoms with Crippen LogP contribution in [-0.4, -0.2) is 60.6 Å². The zero-order chi connectivity index (χ0) is 30.7. The van der Waals surface area contributed by atoms with Gasteiger partial charge in [-0.25, -0.2) is 9.78 Å². The molecule has 9 heteroatoms. The summed E-state index contributed by atoms with van der Waals surface area (Å²) >= 11 is 0. The van der Waals surface area contributed by atoms with E-state index in [1.165, 1.54) is 22.0 Å². The van der Waals surface area contributed by atoms with E-state index in [0.29, 0.717) is 30.8 Å². The molecule has 4 aromatic rings. The topological polar surface area (TPSA) is 110 Å². The summed E-state index contributed by atoms with van der Waals surface area (Å²) in [5.74, 6) is 0.220. The first-order valence-corrected chi connectivity index (χ1v) is 14.8. The van der Waals surface area contributed by atoms with E-state index in [2.05, 4.69) is 35.1 Å². The molecule has 2 N–H and O–H groups in total. The lowest BCUT2D eigenvalue weighted by atomic mass is 9.93. The Kier molecular flexibility index (Phi) is 8.84. The van der Waals surface area contributed by atoms with Gasteiger partial charge in [-0.05, 0) is 87.9 Å². The Morgan fingerprint density at radius 2 is 1.88 bits per heavy atom. The lowest BCUT2D eigenvalue weighted by molar-refractivity contribution is 0.0341. The van der Waals surface area contributed by atoms with Gasteiger partial charge < -0.3 is 19.7 Å². The Hall–Kier alpha value is -4.21. The maximum absolute atomic E-state index is 11.7. The number of ether oxygens (including phenoxy) is 2. The molecule has 0 saturated heterocycles. The molecule has 2 aromatic heterocycles. The molecule has 43 heavy (non-hydrogen) atoms. The van der Waals surface area contributed by atoms with E-state index in [0.717, 1.165) is 48.4 Å². The third-order valence-corrected chi connectivity index (χ3v) is 7.79. The highest BCUT2D eigenvalue weighted by Gasteiger charge is 2.26. The second-order valence-corrected chi connectivity index (χ2v) is 11.8. The molecule has 1 unspecified atom stereocenters. The normalized spacial score (nSPS) is 14.3. The van der Waals surface area contributed by atoms with Crippen molar-refractivity contribution in [1.29, 1.82) is 0 Å². The molecule has 0 aliphatic carbocycles. The van der Waals surface area contributed by atoms with Crippen molar-refractivity contribution in [2.75, 3.05) is 13.2 Å². The molecule has 2 aromatic carbocycles. The van der Waals surface area contributed by atoms with Crippen molar-refractivity contribution in [3.8, 4) is 28.7 Å². The molecule has 226 valence electrons. The first kappa shape index (κ1) is 30.3. The summed E-state index contributed by atoms with van der Waals surface area (Å²) in [4.78, 5) is 18.9. The van der Waals surface area contributed by atoms with Gasteiger partial charge in [-0.3, -0.25) is 4.90 Å². The van der Waals surface area contributed by atoms with Crippen molar-refractivity contribution in [3.05, 3.63) is 88.6 Å². The van der Waals surface area contributed by atoms with Crippen LogP contribution in [0, 0.1) is 6.92 Å². The highest BCUT2D eigenvalue weighted by Crippen LogP contribution is 2.34. The number of aliphatic hydroxyl groups is 1. The van der Waals surface area contributed by atoms with Gasteiger partial charge in [0.25, 0.3) is 0 Å². The maximum atomic E-state index is 11.7. The summed E-state index contributed by atoms with van der Waals surface area (Å²) in [6.45, 7) is 12.3. The third-order valence-electron chi connectivity index (χ3n) is 7.79. The van der Waals surface area contributed by atoms with E-state index in [4.69, 9.17) is 14.5 Å². The van der Waals surface area contributed by atoms with Crippen molar-refractivity contribution in [2.24, 2.45) is 0 Å².